The molecule has 1 unspecified atom stereocenters. The van der Waals surface area contributed by atoms with E-state index in [0.717, 1.165) is 44.7 Å². The van der Waals surface area contributed by atoms with Gasteiger partial charge in [0.2, 0.25) is 17.8 Å². The number of benzene rings is 6. The molecule has 1 amide bonds. The number of aromatic nitrogens is 6. The number of anilines is 2. The van der Waals surface area contributed by atoms with Gasteiger partial charge in [0.1, 0.15) is 6.04 Å². The fourth-order valence-corrected chi connectivity index (χ4v) is 9.92. The first kappa shape index (κ1) is 50.4. The lowest BCUT2D eigenvalue weighted by molar-refractivity contribution is -0.124. The van der Waals surface area contributed by atoms with Gasteiger partial charge in [0, 0.05) is 46.1 Å². The molecular formula is C55H48Cl3N11O6. The Kier molecular flexibility index (Phi) is 14.4. The van der Waals surface area contributed by atoms with Gasteiger partial charge in [0.05, 0.1) is 49.8 Å². The van der Waals surface area contributed by atoms with E-state index in [1.165, 1.54) is 30.6 Å². The van der Waals surface area contributed by atoms with E-state index in [1.807, 2.05) is 78.9 Å². The van der Waals surface area contributed by atoms with Crippen LogP contribution in [0, 0.1) is 0 Å². The van der Waals surface area contributed by atoms with Crippen molar-refractivity contribution in [3.63, 3.8) is 0 Å². The van der Waals surface area contributed by atoms with Crippen molar-refractivity contribution < 1.29 is 19.8 Å². The molecule has 2 aromatic heterocycles. The van der Waals surface area contributed by atoms with E-state index in [-0.39, 0.29) is 61.8 Å². The van der Waals surface area contributed by atoms with Crippen molar-refractivity contribution in [1.29, 1.82) is 0 Å². The third-order valence-corrected chi connectivity index (χ3v) is 14.1. The van der Waals surface area contributed by atoms with Gasteiger partial charge in [-0.3, -0.25) is 9.36 Å². The maximum absolute atomic E-state index is 14.3. The SMILES string of the molecule is C[C@@H](C(=O)NCCO)n1c(N2C[C@@H](c3cccc(-c4cc(C5=NN(c6nn(Cc7cccc(C(=O)O)c7)c(=O)n6C)CC5c5ccccc5)ccc4Cl)c3)C(c3ccc(Cl)cc3)=N2)nn(Cc2ccc(Cl)cc2)c1=O. The molecule has 0 saturated carbocycles. The van der Waals surface area contributed by atoms with E-state index in [1.54, 1.807) is 72.5 Å². The van der Waals surface area contributed by atoms with Crippen LogP contribution in [0.3, 0.4) is 0 Å². The first-order valence-corrected chi connectivity index (χ1v) is 25.1. The molecule has 8 aromatic rings. The summed E-state index contributed by atoms with van der Waals surface area (Å²) in [7, 11) is 1.63. The van der Waals surface area contributed by atoms with Gasteiger partial charge in [0.15, 0.2) is 0 Å². The predicted octanol–water partition coefficient (Wildman–Crippen LogP) is 8.05. The second kappa shape index (κ2) is 21.4. The average molecular weight is 1070 g/mol. The Labute approximate surface area is 444 Å². The summed E-state index contributed by atoms with van der Waals surface area (Å²) < 4.78 is 5.35. The van der Waals surface area contributed by atoms with Crippen molar-refractivity contribution >= 4 is 70.0 Å². The first-order valence-electron chi connectivity index (χ1n) is 24.0. The van der Waals surface area contributed by atoms with Crippen molar-refractivity contribution in [2.45, 2.75) is 37.9 Å². The van der Waals surface area contributed by atoms with Crippen LogP contribution in [0.1, 0.15) is 68.5 Å². The van der Waals surface area contributed by atoms with Gasteiger partial charge in [-0.1, -0.05) is 132 Å². The molecule has 0 saturated heterocycles. The molecule has 6 aromatic carbocycles. The Morgan fingerprint density at radius 3 is 1.96 bits per heavy atom. The highest BCUT2D eigenvalue weighted by Gasteiger charge is 2.36. The summed E-state index contributed by atoms with van der Waals surface area (Å²) in [5.74, 6) is -1.70. The summed E-state index contributed by atoms with van der Waals surface area (Å²) in [6, 6.07) is 43.6. The topological polar surface area (TPSA) is 197 Å². The van der Waals surface area contributed by atoms with Crippen LogP contribution < -0.4 is 26.7 Å². The number of halogens is 3. The van der Waals surface area contributed by atoms with Crippen LogP contribution in [-0.4, -0.2) is 88.4 Å². The second-order valence-corrected chi connectivity index (χ2v) is 19.5. The normalized spacial score (nSPS) is 15.8. The number of hydrogen-bond donors (Lipinski definition) is 3. The molecule has 0 spiro atoms. The molecule has 10 rings (SSSR count). The molecule has 75 heavy (non-hydrogen) atoms. The molecular weight excluding hydrogens is 1020 g/mol. The summed E-state index contributed by atoms with van der Waals surface area (Å²) in [4.78, 5) is 53.1. The molecule has 3 N–H and O–H groups in total. The molecule has 380 valence electrons. The zero-order valence-electron chi connectivity index (χ0n) is 40.5. The fraction of sp³-hybridized carbons (Fsp3) is 0.200. The summed E-state index contributed by atoms with van der Waals surface area (Å²) in [5.41, 5.74) is 7.00. The van der Waals surface area contributed by atoms with Gasteiger partial charge in [-0.05, 0) is 94.4 Å². The van der Waals surface area contributed by atoms with Crippen LogP contribution in [0.4, 0.5) is 11.9 Å². The Balaban J connectivity index is 1.01. The number of aromatic carboxylic acids is 1. The minimum atomic E-state index is -1.07. The molecule has 3 atom stereocenters. The summed E-state index contributed by atoms with van der Waals surface area (Å²) in [6.07, 6.45) is 0. The molecule has 20 heteroatoms. The van der Waals surface area contributed by atoms with Gasteiger partial charge in [-0.15, -0.1) is 10.2 Å². The number of amides is 1. The second-order valence-electron chi connectivity index (χ2n) is 18.2. The number of hydrazone groups is 2. The third-order valence-electron chi connectivity index (χ3n) is 13.3. The van der Waals surface area contributed by atoms with E-state index in [2.05, 4.69) is 11.4 Å². The Hall–Kier alpha value is -8.09. The molecule has 17 nitrogen and oxygen atoms in total. The number of nitrogens with one attached hydrogen (secondary N) is 1. The molecule has 0 fully saturated rings. The number of carboxylic acids is 1. The van der Waals surface area contributed by atoms with Crippen LogP contribution in [0.25, 0.3) is 11.1 Å². The highest BCUT2D eigenvalue weighted by Crippen LogP contribution is 2.38. The monoisotopic (exact) mass is 1060 g/mol. The van der Waals surface area contributed by atoms with Gasteiger partial charge in [-0.2, -0.15) is 10.2 Å². The molecule has 0 bridgehead atoms. The van der Waals surface area contributed by atoms with Crippen molar-refractivity contribution in [3.05, 3.63) is 221 Å². The van der Waals surface area contributed by atoms with Crippen molar-refractivity contribution in [3.8, 4) is 11.1 Å². The number of rotatable bonds is 16. The Morgan fingerprint density at radius 2 is 1.25 bits per heavy atom. The van der Waals surface area contributed by atoms with Gasteiger partial charge < -0.3 is 15.5 Å². The largest absolute Gasteiger partial charge is 0.478 e. The summed E-state index contributed by atoms with van der Waals surface area (Å²) in [5, 5.41) is 46.5. The quantitative estimate of drug-likeness (QED) is 0.0852. The van der Waals surface area contributed by atoms with E-state index in [0.29, 0.717) is 38.8 Å². The van der Waals surface area contributed by atoms with Crippen LogP contribution in [0.5, 0.6) is 0 Å². The minimum absolute atomic E-state index is 0.00463. The number of aliphatic hydroxyl groups is 1. The van der Waals surface area contributed by atoms with Gasteiger partial charge in [0.25, 0.3) is 0 Å². The molecule has 0 aliphatic carbocycles. The predicted molar refractivity (Wildman–Crippen MR) is 290 cm³/mol. The lowest BCUT2D eigenvalue weighted by Gasteiger charge is -2.19. The Bertz CT molecular complexity index is 3650. The zero-order valence-corrected chi connectivity index (χ0v) is 42.7. The molecule has 2 aliphatic rings. The van der Waals surface area contributed by atoms with E-state index >= 15 is 0 Å². The maximum atomic E-state index is 14.3. The summed E-state index contributed by atoms with van der Waals surface area (Å²) >= 11 is 19.7. The number of carbonyl (C=O) groups is 2. The van der Waals surface area contributed by atoms with E-state index in [4.69, 9.17) is 55.2 Å². The smallest absolute Gasteiger partial charge is 0.348 e. The van der Waals surface area contributed by atoms with Gasteiger partial charge >= 0.3 is 17.3 Å². The highest BCUT2D eigenvalue weighted by molar-refractivity contribution is 6.33. The number of carbonyl (C=O) groups excluding carboxylic acids is 1. The first-order chi connectivity index (χ1) is 36.2. The lowest BCUT2D eigenvalue weighted by atomic mass is 9.87. The lowest BCUT2D eigenvalue weighted by Crippen LogP contribution is -2.38. The third kappa shape index (κ3) is 10.4. The van der Waals surface area contributed by atoms with Crippen LogP contribution in [-0.2, 0) is 24.9 Å². The van der Waals surface area contributed by atoms with E-state index in [9.17, 15) is 29.4 Å². The Morgan fingerprint density at radius 1 is 0.653 bits per heavy atom. The van der Waals surface area contributed by atoms with E-state index < -0.39 is 23.6 Å². The van der Waals surface area contributed by atoms with Crippen LogP contribution in [0.2, 0.25) is 15.1 Å². The fourth-order valence-electron chi connectivity index (χ4n) is 9.45. The number of aliphatic hydroxyl groups excluding tert-OH is 1. The number of hydrogen-bond acceptors (Lipinski definition) is 11. The van der Waals surface area contributed by atoms with Gasteiger partial charge in [-0.25, -0.2) is 38.3 Å². The van der Waals surface area contributed by atoms with Crippen LogP contribution >= 0.6 is 34.8 Å². The maximum Gasteiger partial charge on any atom is 0.348 e. The summed E-state index contributed by atoms with van der Waals surface area (Å²) in [6.45, 7) is 2.09. The van der Waals surface area contributed by atoms with Crippen molar-refractivity contribution in [2.75, 3.05) is 36.3 Å². The molecule has 0 radical (unpaired) electrons. The number of nitrogens with zero attached hydrogens (tertiary/aromatic N) is 10. The van der Waals surface area contributed by atoms with Crippen molar-refractivity contribution in [2.24, 2.45) is 17.3 Å². The number of carboxylic acid groups (broad SMARTS) is 1. The van der Waals surface area contributed by atoms with Crippen LogP contribution in [0.15, 0.2) is 165 Å². The standard InChI is InChI=1S/C55H48Cl3N11O6/c1-33(50(71)59-24-25-70)69-53(63-68(55(69)75)29-34-14-19-42(56)20-15-34)66-32-46(48(60-66)37-16-21-43(57)22-17-37)39-12-7-11-38(27-39)44-28-40(18-23-47(44)58)49-45(36-9-4-3-5-10-36)31-65(61-49)52-62-67(54(74)64(52)2)30-35-8-6-13-41(26-35)51(72)73/h3-23,26-28,33,45-46,70H,24-25,29-32H2,1-2H3,(H,59,71)(H,72,73)/t33-,45?,46-/m0/s1. The zero-order chi connectivity index (χ0) is 52.5. The minimum Gasteiger partial charge on any atom is -0.478 e. The molecule has 2 aliphatic heterocycles. The molecule has 4 heterocycles. The highest BCUT2D eigenvalue weighted by atomic mass is 35.5. The van der Waals surface area contributed by atoms with Crippen molar-refractivity contribution in [1.82, 2.24) is 34.0 Å². The average Bonchev–Trinajstić information content (AvgIpc) is 4.22.